The third-order valence-electron chi connectivity index (χ3n) is 2.59. The molecule has 1 aliphatic rings. The zero-order chi connectivity index (χ0) is 11.5. The number of ether oxygens (including phenoxy) is 2. The van der Waals surface area contributed by atoms with Crippen molar-refractivity contribution in [3.63, 3.8) is 0 Å². The van der Waals surface area contributed by atoms with E-state index in [-0.39, 0.29) is 16.9 Å². The van der Waals surface area contributed by atoms with Crippen LogP contribution in [0.4, 0.5) is 0 Å². The third-order valence-corrected chi connectivity index (χ3v) is 2.95. The average molecular weight is 244 g/mol. The Morgan fingerprint density at radius 3 is 3.00 bits per heavy atom. The molecule has 0 spiro atoms. The fraction of sp³-hybridized carbons (Fsp3) is 0.455. The van der Waals surface area contributed by atoms with E-state index in [1.165, 1.54) is 7.11 Å². The van der Waals surface area contributed by atoms with Crippen LogP contribution in [0.15, 0.2) is 12.1 Å². The summed E-state index contributed by atoms with van der Waals surface area (Å²) >= 11 is 5.97. The minimum absolute atomic E-state index is 0.0195. The van der Waals surface area contributed by atoms with Gasteiger partial charge in [-0.1, -0.05) is 11.6 Å². The van der Waals surface area contributed by atoms with Crippen molar-refractivity contribution in [3.05, 3.63) is 22.7 Å². The van der Waals surface area contributed by atoms with Crippen LogP contribution in [0.3, 0.4) is 0 Å². The number of hydrogen-bond acceptors (Lipinski definition) is 4. The number of hydrogen-bond donors (Lipinski definition) is 2. The van der Waals surface area contributed by atoms with Gasteiger partial charge in [-0.2, -0.15) is 0 Å². The molecule has 16 heavy (non-hydrogen) atoms. The van der Waals surface area contributed by atoms with E-state index >= 15 is 0 Å². The van der Waals surface area contributed by atoms with Crippen molar-refractivity contribution in [3.8, 4) is 11.5 Å². The molecule has 1 unspecified atom stereocenters. The lowest BCUT2D eigenvalue weighted by atomic mass is 10.1. The molecule has 1 aromatic carbocycles. The van der Waals surface area contributed by atoms with Crippen LogP contribution >= 0.6 is 11.6 Å². The minimum Gasteiger partial charge on any atom is -0.506 e. The zero-order valence-electron chi connectivity index (χ0n) is 9.00. The Hall–Kier alpha value is -0.970. The first kappa shape index (κ1) is 11.5. The van der Waals surface area contributed by atoms with Gasteiger partial charge in [0.25, 0.3) is 0 Å². The second-order valence-electron chi connectivity index (χ2n) is 3.58. The molecule has 1 aliphatic heterocycles. The predicted molar refractivity (Wildman–Crippen MR) is 61.2 cm³/mol. The van der Waals surface area contributed by atoms with Crippen molar-refractivity contribution in [2.75, 3.05) is 26.8 Å². The van der Waals surface area contributed by atoms with Crippen LogP contribution in [0, 0.1) is 0 Å². The monoisotopic (exact) mass is 243 g/mol. The standard InChI is InChI=1S/C11H14ClNO3/c1-15-11-7(2-3-8(14)10(11)12)9-6-13-4-5-16-9/h2-3,9,13-14H,4-6H2,1H3. The number of morpholine rings is 1. The van der Waals surface area contributed by atoms with E-state index in [2.05, 4.69) is 5.32 Å². The summed E-state index contributed by atoms with van der Waals surface area (Å²) < 4.78 is 10.8. The molecule has 2 N–H and O–H groups in total. The van der Waals surface area contributed by atoms with Crippen LogP contribution in [-0.2, 0) is 4.74 Å². The maximum absolute atomic E-state index is 9.49. The molecule has 0 aliphatic carbocycles. The molecule has 5 heteroatoms. The molecular formula is C11H14ClNO3. The summed E-state index contributed by atoms with van der Waals surface area (Å²) in [7, 11) is 1.53. The largest absolute Gasteiger partial charge is 0.506 e. The predicted octanol–water partition coefficient (Wildman–Crippen LogP) is 1.72. The lowest BCUT2D eigenvalue weighted by Gasteiger charge is -2.25. The Bertz CT molecular complexity index is 378. The van der Waals surface area contributed by atoms with Crippen molar-refractivity contribution in [1.82, 2.24) is 5.32 Å². The Kier molecular flexibility index (Phi) is 3.53. The number of phenols is 1. The highest BCUT2D eigenvalue weighted by Crippen LogP contribution is 2.39. The highest BCUT2D eigenvalue weighted by molar-refractivity contribution is 6.33. The van der Waals surface area contributed by atoms with Crippen LogP contribution in [0.5, 0.6) is 11.5 Å². The van der Waals surface area contributed by atoms with E-state index in [1.807, 2.05) is 0 Å². The van der Waals surface area contributed by atoms with Gasteiger partial charge < -0.3 is 19.9 Å². The van der Waals surface area contributed by atoms with Crippen molar-refractivity contribution in [2.24, 2.45) is 0 Å². The van der Waals surface area contributed by atoms with Gasteiger partial charge in [0.15, 0.2) is 0 Å². The smallest absolute Gasteiger partial charge is 0.147 e. The number of halogens is 1. The molecule has 0 amide bonds. The van der Waals surface area contributed by atoms with Gasteiger partial charge in [0.2, 0.25) is 0 Å². The van der Waals surface area contributed by atoms with Gasteiger partial charge in [0.05, 0.1) is 19.8 Å². The second kappa shape index (κ2) is 4.91. The van der Waals surface area contributed by atoms with Crippen molar-refractivity contribution < 1.29 is 14.6 Å². The van der Waals surface area contributed by atoms with E-state index in [1.54, 1.807) is 12.1 Å². The first-order valence-corrected chi connectivity index (χ1v) is 5.49. The summed E-state index contributed by atoms with van der Waals surface area (Å²) in [5.74, 6) is 0.501. The molecule has 0 radical (unpaired) electrons. The molecule has 1 fully saturated rings. The molecule has 88 valence electrons. The first-order valence-electron chi connectivity index (χ1n) is 5.11. The van der Waals surface area contributed by atoms with Crippen molar-refractivity contribution >= 4 is 11.6 Å². The second-order valence-corrected chi connectivity index (χ2v) is 3.96. The Labute approximate surface area is 99.1 Å². The summed E-state index contributed by atoms with van der Waals surface area (Å²) in [5, 5.41) is 12.9. The van der Waals surface area contributed by atoms with Gasteiger partial charge in [0, 0.05) is 18.7 Å². The summed E-state index contributed by atoms with van der Waals surface area (Å²) in [5.41, 5.74) is 0.859. The molecule has 1 aromatic rings. The van der Waals surface area contributed by atoms with Gasteiger partial charge in [0.1, 0.15) is 16.5 Å². The number of benzene rings is 1. The molecule has 1 atom stereocenters. The van der Waals surface area contributed by atoms with Crippen LogP contribution in [-0.4, -0.2) is 31.9 Å². The van der Waals surface area contributed by atoms with Crippen molar-refractivity contribution in [1.29, 1.82) is 0 Å². The maximum atomic E-state index is 9.49. The van der Waals surface area contributed by atoms with Crippen molar-refractivity contribution in [2.45, 2.75) is 6.10 Å². The summed E-state index contributed by atoms with van der Waals surface area (Å²) in [6.07, 6.45) is -0.0817. The fourth-order valence-electron chi connectivity index (χ4n) is 1.79. The van der Waals surface area contributed by atoms with Crippen LogP contribution in [0.25, 0.3) is 0 Å². The Morgan fingerprint density at radius 2 is 2.38 bits per heavy atom. The molecule has 1 heterocycles. The topological polar surface area (TPSA) is 50.7 Å². The van der Waals surface area contributed by atoms with Gasteiger partial charge in [-0.25, -0.2) is 0 Å². The maximum Gasteiger partial charge on any atom is 0.147 e. The quantitative estimate of drug-likeness (QED) is 0.831. The lowest BCUT2D eigenvalue weighted by Crippen LogP contribution is -2.33. The van der Waals surface area contributed by atoms with Crippen LogP contribution < -0.4 is 10.1 Å². The first-order chi connectivity index (χ1) is 7.74. The average Bonchev–Trinajstić information content (AvgIpc) is 2.33. The third kappa shape index (κ3) is 2.09. The molecule has 2 rings (SSSR count). The number of aromatic hydroxyl groups is 1. The lowest BCUT2D eigenvalue weighted by molar-refractivity contribution is 0.0262. The number of nitrogens with one attached hydrogen (secondary N) is 1. The highest BCUT2D eigenvalue weighted by atomic mass is 35.5. The molecule has 0 bridgehead atoms. The summed E-state index contributed by atoms with van der Waals surface area (Å²) in [4.78, 5) is 0. The summed E-state index contributed by atoms with van der Waals surface area (Å²) in [6.45, 7) is 2.23. The SMILES string of the molecule is COc1c(C2CNCCO2)ccc(O)c1Cl. The number of phenolic OH excluding ortho intramolecular Hbond substituents is 1. The minimum atomic E-state index is -0.0817. The van der Waals surface area contributed by atoms with Gasteiger partial charge in [-0.3, -0.25) is 0 Å². The Morgan fingerprint density at radius 1 is 1.56 bits per heavy atom. The van der Waals surface area contributed by atoms with Crippen LogP contribution in [0.2, 0.25) is 5.02 Å². The van der Waals surface area contributed by atoms with E-state index in [0.717, 1.165) is 18.7 Å². The zero-order valence-corrected chi connectivity index (χ0v) is 9.75. The van der Waals surface area contributed by atoms with Gasteiger partial charge in [-0.15, -0.1) is 0 Å². The molecule has 0 aromatic heterocycles. The number of rotatable bonds is 2. The van der Waals surface area contributed by atoms with E-state index in [9.17, 15) is 5.11 Å². The Balaban J connectivity index is 2.35. The van der Waals surface area contributed by atoms with Gasteiger partial charge >= 0.3 is 0 Å². The number of methoxy groups -OCH3 is 1. The molecule has 4 nitrogen and oxygen atoms in total. The van der Waals surface area contributed by atoms with Gasteiger partial charge in [-0.05, 0) is 12.1 Å². The van der Waals surface area contributed by atoms with E-state index in [4.69, 9.17) is 21.1 Å². The molecule has 1 saturated heterocycles. The van der Waals surface area contributed by atoms with E-state index < -0.39 is 0 Å². The molecular weight excluding hydrogens is 230 g/mol. The summed E-state index contributed by atoms with van der Waals surface area (Å²) in [6, 6.07) is 3.33. The highest BCUT2D eigenvalue weighted by Gasteiger charge is 2.22. The van der Waals surface area contributed by atoms with E-state index in [0.29, 0.717) is 12.4 Å². The molecule has 0 saturated carbocycles. The normalized spacial score (nSPS) is 20.8. The van der Waals surface area contributed by atoms with Crippen LogP contribution in [0.1, 0.15) is 11.7 Å². The fourth-order valence-corrected chi connectivity index (χ4v) is 2.04.